The molecule has 3 aromatic rings. The predicted octanol–water partition coefficient (Wildman–Crippen LogP) is 5.31. The monoisotopic (exact) mass is 350 g/mol. The third kappa shape index (κ3) is 4.83. The fourth-order valence-electron chi connectivity index (χ4n) is 2.67. The third-order valence-electron chi connectivity index (χ3n) is 4.01. The highest BCUT2D eigenvalue weighted by Gasteiger charge is 2.07. The maximum Gasteiger partial charge on any atom is 0.234 e. The van der Waals surface area contributed by atoms with E-state index in [1.54, 1.807) is 6.20 Å². The fourth-order valence-corrected chi connectivity index (χ4v) is 3.51. The van der Waals surface area contributed by atoms with E-state index in [1.807, 2.05) is 42.5 Å². The molecule has 1 amide bonds. The highest BCUT2D eigenvalue weighted by atomic mass is 32.2. The molecule has 3 rings (SSSR count). The van der Waals surface area contributed by atoms with Crippen LogP contribution < -0.4 is 5.32 Å². The number of fused-ring (bicyclic) bond motifs is 1. The van der Waals surface area contributed by atoms with Gasteiger partial charge in [-0.05, 0) is 42.7 Å². The molecule has 25 heavy (non-hydrogen) atoms. The lowest BCUT2D eigenvalue weighted by Gasteiger charge is -2.08. The van der Waals surface area contributed by atoms with E-state index in [0.29, 0.717) is 5.75 Å². The van der Waals surface area contributed by atoms with Gasteiger partial charge in [-0.2, -0.15) is 0 Å². The van der Waals surface area contributed by atoms with Crippen molar-refractivity contribution in [2.24, 2.45) is 0 Å². The Morgan fingerprint density at radius 1 is 1.08 bits per heavy atom. The van der Waals surface area contributed by atoms with Crippen molar-refractivity contribution in [2.45, 2.75) is 31.1 Å². The number of thioether (sulfide) groups is 1. The van der Waals surface area contributed by atoms with Gasteiger partial charge in [0.2, 0.25) is 5.91 Å². The average Bonchev–Trinajstić information content (AvgIpc) is 2.66. The first kappa shape index (κ1) is 17.5. The fraction of sp³-hybridized carbons (Fsp3) is 0.238. The van der Waals surface area contributed by atoms with Gasteiger partial charge >= 0.3 is 0 Å². The van der Waals surface area contributed by atoms with Crippen molar-refractivity contribution in [3.05, 3.63) is 66.4 Å². The number of pyridine rings is 1. The number of para-hydroxylation sites is 1. The first-order valence-electron chi connectivity index (χ1n) is 8.61. The van der Waals surface area contributed by atoms with E-state index < -0.39 is 0 Å². The van der Waals surface area contributed by atoms with Gasteiger partial charge in [-0.25, -0.2) is 0 Å². The van der Waals surface area contributed by atoms with E-state index in [2.05, 4.69) is 29.4 Å². The van der Waals surface area contributed by atoms with Crippen LogP contribution in [-0.2, 0) is 11.2 Å². The molecule has 128 valence electrons. The maximum atomic E-state index is 12.2. The second-order valence-electron chi connectivity index (χ2n) is 5.97. The molecule has 0 aliphatic rings. The summed E-state index contributed by atoms with van der Waals surface area (Å²) in [5.41, 5.74) is 3.11. The molecule has 1 N–H and O–H groups in total. The number of amides is 1. The number of hydrogen-bond acceptors (Lipinski definition) is 3. The van der Waals surface area contributed by atoms with Gasteiger partial charge in [-0.15, -0.1) is 11.8 Å². The Kier molecular flexibility index (Phi) is 6.07. The molecule has 0 spiro atoms. The second kappa shape index (κ2) is 8.67. The van der Waals surface area contributed by atoms with Crippen molar-refractivity contribution in [3.63, 3.8) is 0 Å². The summed E-state index contributed by atoms with van der Waals surface area (Å²) >= 11 is 1.52. The van der Waals surface area contributed by atoms with Crippen molar-refractivity contribution in [1.29, 1.82) is 0 Å². The van der Waals surface area contributed by atoms with Crippen LogP contribution in [0, 0.1) is 0 Å². The van der Waals surface area contributed by atoms with Crippen molar-refractivity contribution in [2.75, 3.05) is 11.1 Å². The Bertz CT molecular complexity index is 841. The Balaban J connectivity index is 1.57. The van der Waals surface area contributed by atoms with Crippen LogP contribution in [0.1, 0.15) is 25.3 Å². The molecule has 0 saturated carbocycles. The normalized spacial score (nSPS) is 10.8. The van der Waals surface area contributed by atoms with E-state index >= 15 is 0 Å². The molecule has 0 aliphatic carbocycles. The Hall–Kier alpha value is -2.33. The lowest BCUT2D eigenvalue weighted by Crippen LogP contribution is -2.14. The summed E-state index contributed by atoms with van der Waals surface area (Å²) in [6, 6.07) is 18.1. The van der Waals surface area contributed by atoms with Gasteiger partial charge in [-0.1, -0.05) is 43.7 Å². The summed E-state index contributed by atoms with van der Waals surface area (Å²) in [7, 11) is 0. The predicted molar refractivity (Wildman–Crippen MR) is 106 cm³/mol. The summed E-state index contributed by atoms with van der Waals surface area (Å²) in [5, 5.41) is 4.06. The maximum absolute atomic E-state index is 12.2. The minimum atomic E-state index is -0.000702. The molecule has 0 aliphatic heterocycles. The van der Waals surface area contributed by atoms with Crippen LogP contribution in [0.3, 0.4) is 0 Å². The van der Waals surface area contributed by atoms with Crippen LogP contribution in [0.4, 0.5) is 5.69 Å². The number of aromatic nitrogens is 1. The Morgan fingerprint density at radius 2 is 1.88 bits per heavy atom. The molecule has 3 nitrogen and oxygen atoms in total. The number of hydrogen-bond donors (Lipinski definition) is 1. The van der Waals surface area contributed by atoms with Crippen LogP contribution >= 0.6 is 11.8 Å². The summed E-state index contributed by atoms with van der Waals surface area (Å²) < 4.78 is 0. The lowest BCUT2D eigenvalue weighted by atomic mass is 10.1. The largest absolute Gasteiger partial charge is 0.325 e. The molecule has 0 unspecified atom stereocenters. The van der Waals surface area contributed by atoms with Crippen LogP contribution in [0.2, 0.25) is 0 Å². The zero-order chi connectivity index (χ0) is 17.5. The van der Waals surface area contributed by atoms with Crippen LogP contribution in [0.5, 0.6) is 0 Å². The quantitative estimate of drug-likeness (QED) is 0.587. The van der Waals surface area contributed by atoms with E-state index in [0.717, 1.165) is 27.9 Å². The second-order valence-corrected chi connectivity index (χ2v) is 6.99. The number of carbonyl (C=O) groups is 1. The van der Waals surface area contributed by atoms with Gasteiger partial charge in [0.15, 0.2) is 0 Å². The minimum Gasteiger partial charge on any atom is -0.325 e. The van der Waals surface area contributed by atoms with E-state index in [1.165, 1.54) is 30.2 Å². The third-order valence-corrected chi connectivity index (χ3v) is 5.06. The van der Waals surface area contributed by atoms with E-state index in [9.17, 15) is 4.79 Å². The zero-order valence-corrected chi connectivity index (χ0v) is 15.2. The molecule has 0 bridgehead atoms. The summed E-state index contributed by atoms with van der Waals surface area (Å²) in [4.78, 5) is 17.7. The molecule has 1 heterocycles. The molecule has 2 aromatic carbocycles. The summed E-state index contributed by atoms with van der Waals surface area (Å²) in [6.07, 6.45) is 5.27. The number of carbonyl (C=O) groups excluding carboxylic acids is 1. The SMILES string of the molecule is CCCCc1ccc(NC(=O)CSc2cccc3cccnc23)cc1. The topological polar surface area (TPSA) is 42.0 Å². The van der Waals surface area contributed by atoms with Crippen LogP contribution in [-0.4, -0.2) is 16.6 Å². The standard InChI is InChI=1S/C21H22N2OS/c1-2-3-6-16-10-12-18(13-11-16)23-20(24)15-25-19-9-4-7-17-8-5-14-22-21(17)19/h4-5,7-14H,2-3,6,15H2,1H3,(H,23,24). The van der Waals surface area contributed by atoms with Crippen molar-refractivity contribution < 1.29 is 4.79 Å². The number of unbranched alkanes of at least 4 members (excludes halogenated alkanes) is 1. The number of nitrogens with zero attached hydrogens (tertiary/aromatic N) is 1. The van der Waals surface area contributed by atoms with Gasteiger partial charge in [0, 0.05) is 22.2 Å². The molecule has 4 heteroatoms. The van der Waals surface area contributed by atoms with Crippen molar-refractivity contribution in [3.8, 4) is 0 Å². The van der Waals surface area contributed by atoms with E-state index in [4.69, 9.17) is 0 Å². The summed E-state index contributed by atoms with van der Waals surface area (Å²) in [5.74, 6) is 0.368. The minimum absolute atomic E-state index is 0.000702. The smallest absolute Gasteiger partial charge is 0.234 e. The first-order chi connectivity index (χ1) is 12.3. The number of rotatable bonds is 7. The van der Waals surface area contributed by atoms with Crippen molar-refractivity contribution >= 4 is 34.3 Å². The molecule has 0 radical (unpaired) electrons. The molecule has 0 atom stereocenters. The van der Waals surface area contributed by atoms with Gasteiger partial charge in [0.05, 0.1) is 11.3 Å². The zero-order valence-electron chi connectivity index (χ0n) is 14.4. The highest BCUT2D eigenvalue weighted by molar-refractivity contribution is 8.00. The van der Waals surface area contributed by atoms with Crippen LogP contribution in [0.25, 0.3) is 10.9 Å². The molecular weight excluding hydrogens is 328 g/mol. The molecular formula is C21H22N2OS. The Morgan fingerprint density at radius 3 is 2.68 bits per heavy atom. The highest BCUT2D eigenvalue weighted by Crippen LogP contribution is 2.26. The number of benzene rings is 2. The average molecular weight is 350 g/mol. The van der Waals surface area contributed by atoms with Gasteiger partial charge < -0.3 is 5.32 Å². The van der Waals surface area contributed by atoms with Gasteiger partial charge in [0.1, 0.15) is 0 Å². The molecule has 1 aromatic heterocycles. The summed E-state index contributed by atoms with van der Waals surface area (Å²) in [6.45, 7) is 2.19. The lowest BCUT2D eigenvalue weighted by molar-refractivity contribution is -0.113. The molecule has 0 saturated heterocycles. The Labute approximate surface area is 152 Å². The van der Waals surface area contributed by atoms with Gasteiger partial charge in [0.25, 0.3) is 0 Å². The first-order valence-corrected chi connectivity index (χ1v) is 9.60. The van der Waals surface area contributed by atoms with Gasteiger partial charge in [-0.3, -0.25) is 9.78 Å². The number of nitrogens with one attached hydrogen (secondary N) is 1. The van der Waals surface area contributed by atoms with Crippen LogP contribution in [0.15, 0.2) is 65.7 Å². The van der Waals surface area contributed by atoms with Crippen molar-refractivity contribution in [1.82, 2.24) is 4.98 Å². The van der Waals surface area contributed by atoms with E-state index in [-0.39, 0.29) is 5.91 Å². The number of aryl methyl sites for hydroxylation is 1. The number of anilines is 1. The molecule has 0 fully saturated rings.